The van der Waals surface area contributed by atoms with Crippen LogP contribution >= 0.6 is 0 Å². The molecule has 0 aliphatic carbocycles. The Morgan fingerprint density at radius 2 is 2.00 bits per heavy atom. The van der Waals surface area contributed by atoms with Crippen LogP contribution in [0.3, 0.4) is 0 Å². The molecule has 0 unspecified atom stereocenters. The highest BCUT2D eigenvalue weighted by Crippen LogP contribution is 2.16. The third-order valence-electron chi connectivity index (χ3n) is 2.08. The van der Waals surface area contributed by atoms with Crippen LogP contribution in [0.15, 0.2) is 47.3 Å². The van der Waals surface area contributed by atoms with Gasteiger partial charge in [-0.2, -0.15) is 0 Å². The maximum atomic E-state index is 12.0. The van der Waals surface area contributed by atoms with Crippen LogP contribution in [0.25, 0.3) is 0 Å². The first-order chi connectivity index (χ1) is 7.48. The van der Waals surface area contributed by atoms with E-state index in [1.54, 1.807) is 18.2 Å². The molecule has 0 bridgehead atoms. The van der Waals surface area contributed by atoms with Gasteiger partial charge in [-0.3, -0.25) is 0 Å². The summed E-state index contributed by atoms with van der Waals surface area (Å²) in [5.41, 5.74) is 0. The van der Waals surface area contributed by atoms with Crippen LogP contribution in [-0.2, 0) is 9.84 Å². The van der Waals surface area contributed by atoms with Crippen molar-refractivity contribution in [3.63, 3.8) is 0 Å². The molecule has 0 aliphatic rings. The van der Waals surface area contributed by atoms with E-state index in [4.69, 9.17) is 0 Å². The molecule has 1 heterocycles. The summed E-state index contributed by atoms with van der Waals surface area (Å²) < 4.78 is 23.9. The van der Waals surface area contributed by atoms with Gasteiger partial charge in [0.05, 0.1) is 0 Å². The fraction of sp³-hybridized carbons (Fsp3) is 0.273. The second kappa shape index (κ2) is 5.03. The summed E-state index contributed by atoms with van der Waals surface area (Å²) in [6.45, 7) is 6.99. The molecule has 0 amide bonds. The molecule has 1 rings (SSSR count). The van der Waals surface area contributed by atoms with Gasteiger partial charge in [-0.15, -0.1) is 6.58 Å². The summed E-state index contributed by atoms with van der Waals surface area (Å²) in [5, 5.41) is -0.167. The van der Waals surface area contributed by atoms with Gasteiger partial charge in [0.15, 0.2) is 0 Å². The molecule has 1 atom stereocenters. The second-order valence-corrected chi connectivity index (χ2v) is 5.42. The van der Waals surface area contributed by atoms with Crippen molar-refractivity contribution >= 4 is 9.84 Å². The zero-order valence-electron chi connectivity index (χ0n) is 9.29. The van der Waals surface area contributed by atoms with Gasteiger partial charge in [-0.1, -0.05) is 19.1 Å². The van der Waals surface area contributed by atoms with Crippen LogP contribution in [0.2, 0.25) is 0 Å². The molecule has 5 heteroatoms. The Morgan fingerprint density at radius 3 is 2.50 bits per heavy atom. The van der Waals surface area contributed by atoms with E-state index in [9.17, 15) is 8.42 Å². The number of aromatic nitrogens is 2. The minimum absolute atomic E-state index is 0.00140. The Bertz CT molecular complexity index is 492. The summed E-state index contributed by atoms with van der Waals surface area (Å²) in [6, 6.07) is 1.57. The van der Waals surface area contributed by atoms with Gasteiger partial charge >= 0.3 is 0 Å². The van der Waals surface area contributed by atoms with Gasteiger partial charge in [-0.25, -0.2) is 18.4 Å². The maximum Gasteiger partial charge on any atom is 0.251 e. The second-order valence-electron chi connectivity index (χ2n) is 3.41. The van der Waals surface area contributed by atoms with E-state index < -0.39 is 9.84 Å². The number of rotatable bonds is 4. The van der Waals surface area contributed by atoms with E-state index in [-0.39, 0.29) is 16.0 Å². The quantitative estimate of drug-likeness (QED) is 0.594. The highest BCUT2D eigenvalue weighted by molar-refractivity contribution is 7.95. The van der Waals surface area contributed by atoms with Gasteiger partial charge in [0.25, 0.3) is 5.16 Å². The third kappa shape index (κ3) is 2.76. The number of hydrogen-bond donors (Lipinski definition) is 0. The predicted octanol–water partition coefficient (Wildman–Crippen LogP) is 1.98. The van der Waals surface area contributed by atoms with Crippen molar-refractivity contribution in [2.24, 2.45) is 5.92 Å². The fourth-order valence-electron chi connectivity index (χ4n) is 1.10. The Balaban J connectivity index is 3.14. The average Bonchev–Trinajstić information content (AvgIpc) is 2.29. The lowest BCUT2D eigenvalue weighted by atomic mass is 10.2. The smallest absolute Gasteiger partial charge is 0.227 e. The largest absolute Gasteiger partial charge is 0.251 e. The van der Waals surface area contributed by atoms with Gasteiger partial charge in [-0.05, 0) is 18.9 Å². The van der Waals surface area contributed by atoms with E-state index in [1.807, 2.05) is 6.92 Å². The molecule has 86 valence electrons. The van der Waals surface area contributed by atoms with Gasteiger partial charge in [0, 0.05) is 17.3 Å². The lowest BCUT2D eigenvalue weighted by molar-refractivity contribution is 0.592. The normalized spacial score (nSPS) is 14.5. The first kappa shape index (κ1) is 12.6. The van der Waals surface area contributed by atoms with Gasteiger partial charge in [0.1, 0.15) is 0 Å². The SMILES string of the molecule is C=C[C@H](C)C=C(C)S(=O)(=O)c1ncccn1. The molecule has 1 aromatic heterocycles. The molecule has 0 saturated carbocycles. The summed E-state index contributed by atoms with van der Waals surface area (Å²) in [7, 11) is -3.55. The van der Waals surface area contributed by atoms with Crippen molar-refractivity contribution in [2.75, 3.05) is 0 Å². The molecule has 1 aromatic rings. The average molecular weight is 238 g/mol. The summed E-state index contributed by atoms with van der Waals surface area (Å²) in [5.74, 6) is -0.00140. The zero-order valence-corrected chi connectivity index (χ0v) is 10.1. The number of nitrogens with zero attached hydrogens (tertiary/aromatic N) is 2. The van der Waals surface area contributed by atoms with Crippen LogP contribution in [0, 0.1) is 5.92 Å². The first-order valence-corrected chi connectivity index (χ1v) is 6.30. The van der Waals surface area contributed by atoms with Crippen LogP contribution in [-0.4, -0.2) is 18.4 Å². The standard InChI is InChI=1S/C11H14N2O2S/c1-4-9(2)8-10(3)16(14,15)11-12-6-5-7-13-11/h4-9H,1H2,2-3H3/t9-/m0/s1. The zero-order chi connectivity index (χ0) is 12.2. The molecule has 0 saturated heterocycles. The van der Waals surface area contributed by atoms with Crippen molar-refractivity contribution in [2.45, 2.75) is 19.0 Å². The van der Waals surface area contributed by atoms with E-state index in [0.717, 1.165) is 0 Å². The lowest BCUT2D eigenvalue weighted by Crippen LogP contribution is -2.07. The topological polar surface area (TPSA) is 59.9 Å². The summed E-state index contributed by atoms with van der Waals surface area (Å²) >= 11 is 0. The molecule has 0 N–H and O–H groups in total. The molecule has 4 nitrogen and oxygen atoms in total. The van der Waals surface area contributed by atoms with E-state index >= 15 is 0 Å². The van der Waals surface area contributed by atoms with Crippen LogP contribution < -0.4 is 0 Å². The molecule has 0 spiro atoms. The number of allylic oxidation sites excluding steroid dienone is 3. The maximum absolute atomic E-state index is 12.0. The summed E-state index contributed by atoms with van der Waals surface area (Å²) in [4.78, 5) is 7.72. The predicted molar refractivity (Wildman–Crippen MR) is 62.3 cm³/mol. The summed E-state index contributed by atoms with van der Waals surface area (Å²) in [6.07, 6.45) is 6.11. The van der Waals surface area contributed by atoms with Crippen molar-refractivity contribution in [1.29, 1.82) is 0 Å². The van der Waals surface area contributed by atoms with Crippen molar-refractivity contribution in [3.05, 3.63) is 42.1 Å². The van der Waals surface area contributed by atoms with Gasteiger partial charge in [0.2, 0.25) is 9.84 Å². The first-order valence-electron chi connectivity index (χ1n) is 4.81. The fourth-order valence-corrected chi connectivity index (χ4v) is 2.18. The Labute approximate surface area is 95.7 Å². The molecule has 16 heavy (non-hydrogen) atoms. The minimum atomic E-state index is -3.55. The van der Waals surface area contributed by atoms with Crippen LogP contribution in [0.1, 0.15) is 13.8 Å². The Morgan fingerprint density at radius 1 is 1.44 bits per heavy atom. The number of hydrogen-bond acceptors (Lipinski definition) is 4. The van der Waals surface area contributed by atoms with Crippen molar-refractivity contribution in [3.8, 4) is 0 Å². The molecule has 0 aliphatic heterocycles. The molecule has 0 fully saturated rings. The highest BCUT2D eigenvalue weighted by atomic mass is 32.2. The minimum Gasteiger partial charge on any atom is -0.227 e. The molecule has 0 radical (unpaired) electrons. The molecular weight excluding hydrogens is 224 g/mol. The molecular formula is C11H14N2O2S. The monoisotopic (exact) mass is 238 g/mol. The number of sulfone groups is 1. The van der Waals surface area contributed by atoms with Gasteiger partial charge < -0.3 is 0 Å². The van der Waals surface area contributed by atoms with E-state index in [1.165, 1.54) is 19.3 Å². The highest BCUT2D eigenvalue weighted by Gasteiger charge is 2.19. The third-order valence-corrected chi connectivity index (χ3v) is 3.75. The van der Waals surface area contributed by atoms with Crippen LogP contribution in [0.4, 0.5) is 0 Å². The lowest BCUT2D eigenvalue weighted by Gasteiger charge is -2.04. The van der Waals surface area contributed by atoms with Crippen LogP contribution in [0.5, 0.6) is 0 Å². The van der Waals surface area contributed by atoms with E-state index in [2.05, 4.69) is 16.5 Å². The molecule has 0 aromatic carbocycles. The Kier molecular flexibility index (Phi) is 3.95. The van der Waals surface area contributed by atoms with E-state index in [0.29, 0.717) is 0 Å². The Hall–Kier alpha value is -1.49. The van der Waals surface area contributed by atoms with Crippen molar-refractivity contribution < 1.29 is 8.42 Å². The van der Waals surface area contributed by atoms with Crippen molar-refractivity contribution in [1.82, 2.24) is 9.97 Å².